The van der Waals surface area contributed by atoms with Crippen LogP contribution in [0.2, 0.25) is 0 Å². The predicted octanol–water partition coefficient (Wildman–Crippen LogP) is 3.96. The third-order valence-electron chi connectivity index (χ3n) is 7.43. The van der Waals surface area contributed by atoms with Crippen LogP contribution in [0.15, 0.2) is 65.6 Å². The van der Waals surface area contributed by atoms with E-state index in [2.05, 4.69) is 10.2 Å². The van der Waals surface area contributed by atoms with E-state index in [1.54, 1.807) is 42.3 Å². The summed E-state index contributed by atoms with van der Waals surface area (Å²) in [5, 5.41) is 4.81. The number of likely N-dealkylation sites (tertiary alicyclic amines) is 1. The van der Waals surface area contributed by atoms with Crippen LogP contribution in [0.1, 0.15) is 29.6 Å². The second-order valence-electron chi connectivity index (χ2n) is 9.92. The Morgan fingerprint density at radius 1 is 1.05 bits per heavy atom. The first-order valence-electron chi connectivity index (χ1n) is 13.1. The zero-order valence-electron chi connectivity index (χ0n) is 21.6. The largest absolute Gasteiger partial charge is 0.385 e. The molecule has 1 fully saturated rings. The molecule has 2 aliphatic heterocycles. The van der Waals surface area contributed by atoms with Crippen LogP contribution in [0.4, 0.5) is 11.4 Å². The van der Waals surface area contributed by atoms with Crippen molar-refractivity contribution in [3.8, 4) is 0 Å². The molecule has 2 amide bonds. The van der Waals surface area contributed by atoms with Gasteiger partial charge in [-0.1, -0.05) is 30.3 Å². The van der Waals surface area contributed by atoms with Crippen LogP contribution < -0.4 is 10.2 Å². The van der Waals surface area contributed by atoms with Gasteiger partial charge in [0.15, 0.2) is 9.84 Å². The number of carbonyl (C=O) groups excluding carboxylic acids is 2. The highest BCUT2D eigenvalue weighted by Gasteiger charge is 2.31. The number of piperidine rings is 1. The fourth-order valence-corrected chi connectivity index (χ4v) is 6.75. The number of rotatable bonds is 10. The SMILES string of the molecule is COCCCN1C(=O)c2cccc3c(NC(=O)C4CCCN(CCS(=O)(=O)c5ccccc5)C4)ccc1c23. The predicted molar refractivity (Wildman–Crippen MR) is 148 cm³/mol. The number of hydrogen-bond acceptors (Lipinski definition) is 6. The number of anilines is 2. The van der Waals surface area contributed by atoms with Gasteiger partial charge in [0.25, 0.3) is 5.91 Å². The first-order chi connectivity index (χ1) is 18.4. The van der Waals surface area contributed by atoms with Gasteiger partial charge in [0.1, 0.15) is 0 Å². The minimum Gasteiger partial charge on any atom is -0.385 e. The zero-order chi connectivity index (χ0) is 26.7. The Balaban J connectivity index is 1.27. The van der Waals surface area contributed by atoms with Crippen molar-refractivity contribution in [2.45, 2.75) is 24.2 Å². The van der Waals surface area contributed by atoms with Crippen molar-refractivity contribution >= 4 is 43.8 Å². The van der Waals surface area contributed by atoms with Gasteiger partial charge in [0.05, 0.1) is 22.3 Å². The number of carbonyl (C=O) groups is 2. The molecule has 0 bridgehead atoms. The van der Waals surface area contributed by atoms with Gasteiger partial charge in [-0.2, -0.15) is 0 Å². The molecule has 0 saturated carbocycles. The average molecular weight is 536 g/mol. The number of nitrogens with zero attached hydrogens (tertiary/aromatic N) is 2. The van der Waals surface area contributed by atoms with Gasteiger partial charge in [-0.15, -0.1) is 0 Å². The molecule has 1 saturated heterocycles. The molecule has 9 heteroatoms. The number of methoxy groups -OCH3 is 1. The Bertz CT molecular complexity index is 1440. The van der Waals surface area contributed by atoms with Crippen LogP contribution in [0.3, 0.4) is 0 Å². The van der Waals surface area contributed by atoms with E-state index in [1.165, 1.54) is 0 Å². The molecule has 3 aromatic rings. The first kappa shape index (κ1) is 26.3. The number of hydrogen-bond donors (Lipinski definition) is 1. The summed E-state index contributed by atoms with van der Waals surface area (Å²) < 4.78 is 30.5. The summed E-state index contributed by atoms with van der Waals surface area (Å²) in [5.41, 5.74) is 2.19. The molecule has 0 radical (unpaired) electrons. The number of amides is 2. The molecule has 3 aromatic carbocycles. The zero-order valence-corrected chi connectivity index (χ0v) is 22.4. The third kappa shape index (κ3) is 5.32. The Hall–Kier alpha value is -3.27. The van der Waals surface area contributed by atoms with Crippen molar-refractivity contribution in [3.63, 3.8) is 0 Å². The van der Waals surface area contributed by atoms with E-state index in [-0.39, 0.29) is 23.5 Å². The van der Waals surface area contributed by atoms with E-state index < -0.39 is 9.84 Å². The Morgan fingerprint density at radius 2 is 1.87 bits per heavy atom. The molecule has 5 rings (SSSR count). The van der Waals surface area contributed by atoms with E-state index in [9.17, 15) is 18.0 Å². The minimum atomic E-state index is -3.37. The van der Waals surface area contributed by atoms with Crippen LogP contribution in [-0.2, 0) is 19.4 Å². The number of ether oxygens (including phenoxy) is 1. The normalized spacial score (nSPS) is 17.8. The lowest BCUT2D eigenvalue weighted by molar-refractivity contribution is -0.121. The van der Waals surface area contributed by atoms with Crippen molar-refractivity contribution in [2.75, 3.05) is 55.9 Å². The number of benzene rings is 3. The molecule has 2 heterocycles. The van der Waals surface area contributed by atoms with Crippen molar-refractivity contribution < 1.29 is 22.7 Å². The monoisotopic (exact) mass is 535 g/mol. The van der Waals surface area contributed by atoms with Crippen LogP contribution in [0.5, 0.6) is 0 Å². The molecule has 1 N–H and O–H groups in total. The standard InChI is InChI=1S/C29H33N3O5S/c1-37-18-7-16-32-26-14-13-25(23-11-5-12-24(27(23)26)29(32)34)30-28(33)21-8-6-15-31(20-21)17-19-38(35,36)22-9-3-2-4-10-22/h2-5,9-14,21H,6-8,15-20H2,1H3,(H,30,33). The summed E-state index contributed by atoms with van der Waals surface area (Å²) in [6, 6.07) is 17.9. The quantitative estimate of drug-likeness (QED) is 0.395. The lowest BCUT2D eigenvalue weighted by atomic mass is 9.96. The second-order valence-corrected chi connectivity index (χ2v) is 12.0. The van der Waals surface area contributed by atoms with Crippen molar-refractivity contribution in [1.29, 1.82) is 0 Å². The van der Waals surface area contributed by atoms with Gasteiger partial charge in [-0.25, -0.2) is 8.42 Å². The highest BCUT2D eigenvalue weighted by atomic mass is 32.2. The molecule has 0 spiro atoms. The van der Waals surface area contributed by atoms with Crippen molar-refractivity contribution in [1.82, 2.24) is 4.90 Å². The van der Waals surface area contributed by atoms with Crippen LogP contribution >= 0.6 is 0 Å². The van der Waals surface area contributed by atoms with E-state index in [1.807, 2.05) is 30.3 Å². The molecule has 200 valence electrons. The van der Waals surface area contributed by atoms with E-state index in [0.29, 0.717) is 42.4 Å². The summed E-state index contributed by atoms with van der Waals surface area (Å²) in [6.45, 7) is 2.83. The topological polar surface area (TPSA) is 96.0 Å². The third-order valence-corrected chi connectivity index (χ3v) is 9.14. The Kier molecular flexibility index (Phi) is 7.78. The molecule has 1 unspecified atom stereocenters. The molecule has 38 heavy (non-hydrogen) atoms. The lowest BCUT2D eigenvalue weighted by Crippen LogP contribution is -2.42. The Morgan fingerprint density at radius 3 is 2.66 bits per heavy atom. The van der Waals surface area contributed by atoms with Gasteiger partial charge in [-0.3, -0.25) is 9.59 Å². The molecular formula is C29H33N3O5S. The van der Waals surface area contributed by atoms with E-state index in [4.69, 9.17) is 4.74 Å². The highest BCUT2D eigenvalue weighted by molar-refractivity contribution is 7.91. The fourth-order valence-electron chi connectivity index (χ4n) is 5.45. The van der Waals surface area contributed by atoms with Crippen molar-refractivity contribution in [3.05, 3.63) is 66.2 Å². The maximum Gasteiger partial charge on any atom is 0.258 e. The van der Waals surface area contributed by atoms with Crippen molar-refractivity contribution in [2.24, 2.45) is 5.92 Å². The molecular weight excluding hydrogens is 502 g/mol. The maximum atomic E-state index is 13.3. The summed E-state index contributed by atoms with van der Waals surface area (Å²) in [5.74, 6) is -0.325. The number of sulfone groups is 1. The van der Waals surface area contributed by atoms with E-state index >= 15 is 0 Å². The van der Waals surface area contributed by atoms with Gasteiger partial charge >= 0.3 is 0 Å². The maximum absolute atomic E-state index is 13.3. The second kappa shape index (κ2) is 11.2. The molecule has 8 nitrogen and oxygen atoms in total. The Labute approximate surface area is 223 Å². The molecule has 2 aliphatic rings. The van der Waals surface area contributed by atoms with Crippen LogP contribution in [0, 0.1) is 5.92 Å². The molecule has 0 aliphatic carbocycles. The lowest BCUT2D eigenvalue weighted by Gasteiger charge is -2.32. The van der Waals surface area contributed by atoms with Gasteiger partial charge in [-0.05, 0) is 56.1 Å². The minimum absolute atomic E-state index is 0.0230. The summed E-state index contributed by atoms with van der Waals surface area (Å²) in [7, 11) is -1.72. The van der Waals surface area contributed by atoms with Gasteiger partial charge in [0.2, 0.25) is 5.91 Å². The molecule has 0 aromatic heterocycles. The fraction of sp³-hybridized carbons (Fsp3) is 0.379. The first-order valence-corrected chi connectivity index (χ1v) is 14.7. The molecule has 1 atom stereocenters. The highest BCUT2D eigenvalue weighted by Crippen LogP contribution is 2.40. The summed E-state index contributed by atoms with van der Waals surface area (Å²) >= 11 is 0. The van der Waals surface area contributed by atoms with Gasteiger partial charge in [0, 0.05) is 55.4 Å². The van der Waals surface area contributed by atoms with Crippen LogP contribution in [-0.4, -0.2) is 70.8 Å². The summed E-state index contributed by atoms with van der Waals surface area (Å²) in [6.07, 6.45) is 2.32. The van der Waals surface area contributed by atoms with Crippen LogP contribution in [0.25, 0.3) is 10.8 Å². The number of nitrogens with one attached hydrogen (secondary N) is 1. The van der Waals surface area contributed by atoms with E-state index in [0.717, 1.165) is 42.3 Å². The summed E-state index contributed by atoms with van der Waals surface area (Å²) in [4.78, 5) is 30.6. The average Bonchev–Trinajstić information content (AvgIpc) is 3.22. The smallest absolute Gasteiger partial charge is 0.258 e. The van der Waals surface area contributed by atoms with Gasteiger partial charge < -0.3 is 19.9 Å².